The number of hydrogen-bond acceptors (Lipinski definition) is 0. The van der Waals surface area contributed by atoms with Crippen molar-refractivity contribution >= 4 is 0 Å². The molecule has 0 amide bonds. The summed E-state index contributed by atoms with van der Waals surface area (Å²) in [5, 5.41) is 0. The van der Waals surface area contributed by atoms with E-state index >= 15 is 0 Å². The van der Waals surface area contributed by atoms with E-state index in [0.29, 0.717) is 10.8 Å². The third-order valence-corrected chi connectivity index (χ3v) is 3.97. The Bertz CT molecular complexity index is 286. The predicted molar refractivity (Wildman–Crippen MR) is 68.2 cm³/mol. The molecule has 0 unspecified atom stereocenters. The number of rotatable bonds is 3. The van der Waals surface area contributed by atoms with Crippen molar-refractivity contribution in [3.63, 3.8) is 0 Å². The second-order valence-electron chi connectivity index (χ2n) is 5.41. The molecule has 0 aliphatic heterocycles. The highest BCUT2D eigenvalue weighted by molar-refractivity contribution is 5.27. The lowest BCUT2D eigenvalue weighted by atomic mass is 9.60. The smallest absolute Gasteiger partial charge is 0.000375 e. The topological polar surface area (TPSA) is 0 Å². The summed E-state index contributed by atoms with van der Waals surface area (Å²) >= 11 is 0. The van der Waals surface area contributed by atoms with Gasteiger partial charge in [-0.05, 0) is 29.2 Å². The van der Waals surface area contributed by atoms with Gasteiger partial charge < -0.3 is 0 Å². The maximum absolute atomic E-state index is 2.35. The Morgan fingerprint density at radius 2 is 1.33 bits per heavy atom. The molecule has 0 aliphatic carbocycles. The molecule has 0 saturated carbocycles. The van der Waals surface area contributed by atoms with Crippen LogP contribution in [0.4, 0.5) is 0 Å². The van der Waals surface area contributed by atoms with Crippen LogP contribution in [0.15, 0.2) is 30.3 Å². The standard InChI is InChI=1S/C15H24/c1-6-15(7-2,14(3,4)5)13-11-9-8-10-12-13/h8-12H,6-7H2,1-5H3. The van der Waals surface area contributed by atoms with Crippen molar-refractivity contribution in [3.05, 3.63) is 35.9 Å². The van der Waals surface area contributed by atoms with Gasteiger partial charge in [0.25, 0.3) is 0 Å². The van der Waals surface area contributed by atoms with Gasteiger partial charge in [-0.3, -0.25) is 0 Å². The average Bonchev–Trinajstić information content (AvgIpc) is 2.20. The lowest BCUT2D eigenvalue weighted by Crippen LogP contribution is -2.39. The molecule has 1 aromatic carbocycles. The summed E-state index contributed by atoms with van der Waals surface area (Å²) in [6.07, 6.45) is 2.41. The molecule has 1 aromatic rings. The predicted octanol–water partition coefficient (Wildman–Crippen LogP) is 4.79. The Labute approximate surface area is 94.7 Å². The van der Waals surface area contributed by atoms with Gasteiger partial charge in [0.2, 0.25) is 0 Å². The zero-order valence-corrected chi connectivity index (χ0v) is 10.8. The highest BCUT2D eigenvalue weighted by Crippen LogP contribution is 2.46. The van der Waals surface area contributed by atoms with Crippen molar-refractivity contribution in [1.82, 2.24) is 0 Å². The zero-order valence-electron chi connectivity index (χ0n) is 10.8. The maximum atomic E-state index is 2.35. The summed E-state index contributed by atoms with van der Waals surface area (Å²) in [4.78, 5) is 0. The summed E-state index contributed by atoms with van der Waals surface area (Å²) in [7, 11) is 0. The van der Waals surface area contributed by atoms with Gasteiger partial charge >= 0.3 is 0 Å². The van der Waals surface area contributed by atoms with E-state index in [2.05, 4.69) is 65.0 Å². The fourth-order valence-corrected chi connectivity index (χ4v) is 2.91. The van der Waals surface area contributed by atoms with E-state index < -0.39 is 0 Å². The molecular weight excluding hydrogens is 180 g/mol. The molecule has 0 nitrogen and oxygen atoms in total. The molecule has 0 aliphatic rings. The van der Waals surface area contributed by atoms with Crippen LogP contribution < -0.4 is 0 Å². The molecule has 0 bridgehead atoms. The molecule has 0 heteroatoms. The highest BCUT2D eigenvalue weighted by Gasteiger charge is 2.39. The number of hydrogen-bond donors (Lipinski definition) is 0. The quantitative estimate of drug-likeness (QED) is 0.664. The molecule has 0 spiro atoms. The molecule has 0 radical (unpaired) electrons. The first kappa shape index (κ1) is 12.3. The third-order valence-electron chi connectivity index (χ3n) is 3.97. The van der Waals surface area contributed by atoms with Crippen molar-refractivity contribution in [1.29, 1.82) is 0 Å². The van der Waals surface area contributed by atoms with Crippen LogP contribution in [0, 0.1) is 5.41 Å². The number of benzene rings is 1. The first-order valence-electron chi connectivity index (χ1n) is 6.03. The Kier molecular flexibility index (Phi) is 3.59. The molecule has 84 valence electrons. The van der Waals surface area contributed by atoms with Crippen molar-refractivity contribution in [2.75, 3.05) is 0 Å². The fraction of sp³-hybridized carbons (Fsp3) is 0.600. The van der Waals surface area contributed by atoms with E-state index in [1.165, 1.54) is 18.4 Å². The third kappa shape index (κ3) is 2.09. The minimum Gasteiger partial charge on any atom is -0.0645 e. The Morgan fingerprint density at radius 1 is 0.867 bits per heavy atom. The van der Waals surface area contributed by atoms with Gasteiger partial charge in [-0.25, -0.2) is 0 Å². The van der Waals surface area contributed by atoms with E-state index in [-0.39, 0.29) is 0 Å². The molecule has 0 heterocycles. The molecular formula is C15H24. The van der Waals surface area contributed by atoms with E-state index in [1.54, 1.807) is 0 Å². The highest BCUT2D eigenvalue weighted by atomic mass is 14.4. The van der Waals surface area contributed by atoms with Crippen LogP contribution in [-0.2, 0) is 5.41 Å². The van der Waals surface area contributed by atoms with Gasteiger partial charge in [-0.15, -0.1) is 0 Å². The lowest BCUT2D eigenvalue weighted by Gasteiger charge is -2.44. The molecule has 15 heavy (non-hydrogen) atoms. The second kappa shape index (κ2) is 4.38. The van der Waals surface area contributed by atoms with Crippen LogP contribution in [0.3, 0.4) is 0 Å². The van der Waals surface area contributed by atoms with Crippen molar-refractivity contribution in [2.45, 2.75) is 52.9 Å². The lowest BCUT2D eigenvalue weighted by molar-refractivity contribution is 0.167. The van der Waals surface area contributed by atoms with Gasteiger partial charge in [0, 0.05) is 0 Å². The maximum Gasteiger partial charge on any atom is -0.000375 e. The van der Waals surface area contributed by atoms with Gasteiger partial charge in [-0.2, -0.15) is 0 Å². The summed E-state index contributed by atoms with van der Waals surface area (Å²) in [5.74, 6) is 0. The van der Waals surface area contributed by atoms with Crippen LogP contribution in [0.2, 0.25) is 0 Å². The minimum absolute atomic E-state index is 0.314. The molecule has 0 aromatic heterocycles. The summed E-state index contributed by atoms with van der Waals surface area (Å²) in [6, 6.07) is 11.0. The summed E-state index contributed by atoms with van der Waals surface area (Å²) in [5.41, 5.74) is 2.12. The van der Waals surface area contributed by atoms with Crippen LogP contribution in [-0.4, -0.2) is 0 Å². The van der Waals surface area contributed by atoms with Crippen LogP contribution in [0.5, 0.6) is 0 Å². The van der Waals surface area contributed by atoms with E-state index in [4.69, 9.17) is 0 Å². The van der Waals surface area contributed by atoms with Gasteiger partial charge in [0.1, 0.15) is 0 Å². The van der Waals surface area contributed by atoms with Crippen molar-refractivity contribution < 1.29 is 0 Å². The van der Waals surface area contributed by atoms with Crippen molar-refractivity contribution in [3.8, 4) is 0 Å². The first-order valence-corrected chi connectivity index (χ1v) is 6.03. The summed E-state index contributed by atoms with van der Waals surface area (Å²) < 4.78 is 0. The van der Waals surface area contributed by atoms with Crippen LogP contribution >= 0.6 is 0 Å². The molecule has 0 fully saturated rings. The summed E-state index contributed by atoms with van der Waals surface area (Å²) in [6.45, 7) is 11.7. The second-order valence-corrected chi connectivity index (χ2v) is 5.41. The first-order chi connectivity index (χ1) is 6.98. The van der Waals surface area contributed by atoms with Gasteiger partial charge in [-0.1, -0.05) is 65.0 Å². The Morgan fingerprint density at radius 3 is 1.67 bits per heavy atom. The van der Waals surface area contributed by atoms with E-state index in [1.807, 2.05) is 0 Å². The Balaban J connectivity index is 3.24. The van der Waals surface area contributed by atoms with Crippen molar-refractivity contribution in [2.24, 2.45) is 5.41 Å². The molecule has 0 saturated heterocycles. The van der Waals surface area contributed by atoms with E-state index in [9.17, 15) is 0 Å². The zero-order chi connectivity index (χ0) is 11.5. The SMILES string of the molecule is CCC(CC)(c1ccccc1)C(C)(C)C. The molecule has 0 atom stereocenters. The van der Waals surface area contributed by atoms with Crippen LogP contribution in [0.25, 0.3) is 0 Å². The fourth-order valence-electron chi connectivity index (χ4n) is 2.91. The van der Waals surface area contributed by atoms with Gasteiger partial charge in [0.15, 0.2) is 0 Å². The molecule has 1 rings (SSSR count). The van der Waals surface area contributed by atoms with Crippen LogP contribution in [0.1, 0.15) is 53.0 Å². The Hall–Kier alpha value is -0.780. The monoisotopic (exact) mass is 204 g/mol. The largest absolute Gasteiger partial charge is 0.0645 e. The average molecular weight is 204 g/mol. The van der Waals surface area contributed by atoms with Gasteiger partial charge in [0.05, 0.1) is 0 Å². The normalized spacial score (nSPS) is 12.9. The minimum atomic E-state index is 0.314. The molecule has 0 N–H and O–H groups in total. The van der Waals surface area contributed by atoms with E-state index in [0.717, 1.165) is 0 Å².